The van der Waals surface area contributed by atoms with Crippen molar-refractivity contribution in [3.8, 4) is 0 Å². The van der Waals surface area contributed by atoms with Crippen LogP contribution >= 0.6 is 15.9 Å². The molecule has 1 saturated heterocycles. The molecule has 1 heterocycles. The van der Waals surface area contributed by atoms with E-state index in [0.29, 0.717) is 24.1 Å². The molecule has 0 radical (unpaired) electrons. The second kappa shape index (κ2) is 7.04. The average molecular weight is 309 g/mol. The van der Waals surface area contributed by atoms with Crippen molar-refractivity contribution in [1.82, 2.24) is 0 Å². The van der Waals surface area contributed by atoms with Gasteiger partial charge in [0.15, 0.2) is 0 Å². The fourth-order valence-corrected chi connectivity index (χ4v) is 3.06. The Morgan fingerprint density at radius 1 is 1.24 bits per heavy atom. The Bertz CT molecular complexity index is 221. The van der Waals surface area contributed by atoms with E-state index < -0.39 is 0 Å². The summed E-state index contributed by atoms with van der Waals surface area (Å²) in [5, 5.41) is 0. The van der Waals surface area contributed by atoms with Gasteiger partial charge in [-0.3, -0.25) is 0 Å². The van der Waals surface area contributed by atoms with Gasteiger partial charge < -0.3 is 18.9 Å². The largest absolute Gasteiger partial charge is 0.382 e. The third-order valence-electron chi connectivity index (χ3n) is 3.31. The van der Waals surface area contributed by atoms with Crippen LogP contribution in [0, 0.1) is 0 Å². The second-order valence-electron chi connectivity index (χ2n) is 4.57. The minimum Gasteiger partial charge on any atom is -0.382 e. The van der Waals surface area contributed by atoms with Gasteiger partial charge in [0.25, 0.3) is 0 Å². The molecule has 0 aromatic rings. The standard InChI is InChI=1S/C12H21BrO4/c1-14-6-7-16-12-10(13)8-11(12)17-9-2-4-15-5-3-9/h9-12H,2-8H2,1H3. The van der Waals surface area contributed by atoms with E-state index in [1.165, 1.54) is 0 Å². The molecule has 17 heavy (non-hydrogen) atoms. The molecule has 2 fully saturated rings. The molecular weight excluding hydrogens is 288 g/mol. The van der Waals surface area contributed by atoms with Crippen molar-refractivity contribution in [2.75, 3.05) is 33.5 Å². The second-order valence-corrected chi connectivity index (χ2v) is 5.74. The average Bonchev–Trinajstić information content (AvgIpc) is 2.35. The number of ether oxygens (including phenoxy) is 4. The lowest BCUT2D eigenvalue weighted by molar-refractivity contribution is -0.163. The summed E-state index contributed by atoms with van der Waals surface area (Å²) >= 11 is 3.61. The molecule has 4 nitrogen and oxygen atoms in total. The van der Waals surface area contributed by atoms with Crippen LogP contribution in [-0.4, -0.2) is 56.7 Å². The minimum atomic E-state index is 0.174. The van der Waals surface area contributed by atoms with E-state index in [9.17, 15) is 0 Å². The summed E-state index contributed by atoms with van der Waals surface area (Å²) in [7, 11) is 1.69. The molecule has 2 rings (SSSR count). The fraction of sp³-hybridized carbons (Fsp3) is 1.00. The summed E-state index contributed by atoms with van der Waals surface area (Å²) in [5.41, 5.74) is 0. The highest BCUT2D eigenvalue weighted by Crippen LogP contribution is 2.35. The normalized spacial score (nSPS) is 34.6. The van der Waals surface area contributed by atoms with Crippen LogP contribution < -0.4 is 0 Å². The van der Waals surface area contributed by atoms with Gasteiger partial charge in [0.2, 0.25) is 0 Å². The van der Waals surface area contributed by atoms with Crippen molar-refractivity contribution < 1.29 is 18.9 Å². The quantitative estimate of drug-likeness (QED) is 0.553. The zero-order valence-corrected chi connectivity index (χ0v) is 11.9. The van der Waals surface area contributed by atoms with Crippen LogP contribution in [0.25, 0.3) is 0 Å². The maximum atomic E-state index is 6.07. The summed E-state index contributed by atoms with van der Waals surface area (Å²) in [6, 6.07) is 0. The van der Waals surface area contributed by atoms with Crippen molar-refractivity contribution in [2.45, 2.75) is 42.4 Å². The summed E-state index contributed by atoms with van der Waals surface area (Å²) in [6.45, 7) is 2.92. The molecule has 0 aromatic heterocycles. The number of rotatable bonds is 6. The molecule has 5 heteroatoms. The SMILES string of the molecule is COCCOC1C(Br)CC1OC1CCOCC1. The molecule has 100 valence electrons. The van der Waals surface area contributed by atoms with Gasteiger partial charge in [-0.05, 0) is 19.3 Å². The van der Waals surface area contributed by atoms with Crippen molar-refractivity contribution in [3.63, 3.8) is 0 Å². The predicted molar refractivity (Wildman–Crippen MR) is 67.7 cm³/mol. The molecule has 1 aliphatic heterocycles. The highest BCUT2D eigenvalue weighted by atomic mass is 79.9. The maximum absolute atomic E-state index is 6.07. The number of methoxy groups -OCH3 is 1. The van der Waals surface area contributed by atoms with Gasteiger partial charge in [0.1, 0.15) is 0 Å². The summed E-state index contributed by atoms with van der Waals surface area (Å²) in [5.74, 6) is 0. The first-order valence-electron chi connectivity index (χ1n) is 6.29. The van der Waals surface area contributed by atoms with Crippen LogP contribution in [-0.2, 0) is 18.9 Å². The molecule has 1 aliphatic carbocycles. The van der Waals surface area contributed by atoms with Crippen molar-refractivity contribution in [3.05, 3.63) is 0 Å². The van der Waals surface area contributed by atoms with Crippen molar-refractivity contribution in [2.24, 2.45) is 0 Å². The lowest BCUT2D eigenvalue weighted by Crippen LogP contribution is -2.52. The first-order chi connectivity index (χ1) is 8.31. The molecule has 2 aliphatic rings. The van der Waals surface area contributed by atoms with E-state index in [0.717, 1.165) is 32.5 Å². The lowest BCUT2D eigenvalue weighted by atomic mass is 9.91. The Morgan fingerprint density at radius 3 is 2.65 bits per heavy atom. The van der Waals surface area contributed by atoms with E-state index in [-0.39, 0.29) is 12.2 Å². The first kappa shape index (κ1) is 13.7. The smallest absolute Gasteiger partial charge is 0.0963 e. The first-order valence-corrected chi connectivity index (χ1v) is 7.20. The van der Waals surface area contributed by atoms with E-state index in [2.05, 4.69) is 15.9 Å². The van der Waals surface area contributed by atoms with Crippen LogP contribution in [0.3, 0.4) is 0 Å². The fourth-order valence-electron chi connectivity index (χ4n) is 2.20. The molecule has 0 spiro atoms. The Hall–Kier alpha value is 0.320. The van der Waals surface area contributed by atoms with Gasteiger partial charge in [-0.2, -0.15) is 0 Å². The van der Waals surface area contributed by atoms with Gasteiger partial charge in [-0.15, -0.1) is 0 Å². The number of halogens is 1. The van der Waals surface area contributed by atoms with Crippen molar-refractivity contribution >= 4 is 15.9 Å². The van der Waals surface area contributed by atoms with Gasteiger partial charge in [-0.1, -0.05) is 15.9 Å². The number of hydrogen-bond donors (Lipinski definition) is 0. The topological polar surface area (TPSA) is 36.9 Å². The highest BCUT2D eigenvalue weighted by molar-refractivity contribution is 9.09. The molecule has 1 saturated carbocycles. The minimum absolute atomic E-state index is 0.174. The molecular formula is C12H21BrO4. The van der Waals surface area contributed by atoms with E-state index in [1.54, 1.807) is 7.11 Å². The van der Waals surface area contributed by atoms with Gasteiger partial charge >= 0.3 is 0 Å². The van der Waals surface area contributed by atoms with Crippen molar-refractivity contribution in [1.29, 1.82) is 0 Å². The molecule has 0 aromatic carbocycles. The summed E-state index contributed by atoms with van der Waals surface area (Å²) in [6.07, 6.45) is 3.81. The van der Waals surface area contributed by atoms with Crippen LogP contribution in [0.15, 0.2) is 0 Å². The molecule has 3 atom stereocenters. The number of alkyl halides is 1. The third-order valence-corrected chi connectivity index (χ3v) is 4.21. The molecule has 0 amide bonds. The lowest BCUT2D eigenvalue weighted by Gasteiger charge is -2.43. The molecule has 3 unspecified atom stereocenters. The highest BCUT2D eigenvalue weighted by Gasteiger charge is 2.42. The Balaban J connectivity index is 1.68. The zero-order chi connectivity index (χ0) is 12.1. The molecule has 0 N–H and O–H groups in total. The van der Waals surface area contributed by atoms with Gasteiger partial charge in [0.05, 0.1) is 31.5 Å². The Kier molecular flexibility index (Phi) is 5.69. The maximum Gasteiger partial charge on any atom is 0.0963 e. The van der Waals surface area contributed by atoms with Crippen LogP contribution in [0.1, 0.15) is 19.3 Å². The predicted octanol–water partition coefficient (Wildman–Crippen LogP) is 1.75. The zero-order valence-electron chi connectivity index (χ0n) is 10.3. The Labute approximate surface area is 111 Å². The van der Waals surface area contributed by atoms with E-state index in [4.69, 9.17) is 18.9 Å². The monoisotopic (exact) mass is 308 g/mol. The Morgan fingerprint density at radius 2 is 2.00 bits per heavy atom. The summed E-state index contributed by atoms with van der Waals surface area (Å²) < 4.78 is 22.1. The van der Waals surface area contributed by atoms with Crippen LogP contribution in [0.4, 0.5) is 0 Å². The van der Waals surface area contributed by atoms with Crippen LogP contribution in [0.2, 0.25) is 0 Å². The molecule has 0 bridgehead atoms. The van der Waals surface area contributed by atoms with E-state index >= 15 is 0 Å². The summed E-state index contributed by atoms with van der Waals surface area (Å²) in [4.78, 5) is 0.421. The van der Waals surface area contributed by atoms with Crippen LogP contribution in [0.5, 0.6) is 0 Å². The van der Waals surface area contributed by atoms with Gasteiger partial charge in [-0.25, -0.2) is 0 Å². The van der Waals surface area contributed by atoms with Gasteiger partial charge in [0, 0.05) is 25.2 Å². The third kappa shape index (κ3) is 3.89. The van der Waals surface area contributed by atoms with E-state index in [1.807, 2.05) is 0 Å². The number of hydrogen-bond acceptors (Lipinski definition) is 4.